The predicted octanol–water partition coefficient (Wildman–Crippen LogP) is 1.47. The Kier molecular flexibility index (Phi) is 3.45. The van der Waals surface area contributed by atoms with Crippen LogP contribution in [0.5, 0.6) is 0 Å². The number of nitrogens with zero attached hydrogens (tertiary/aromatic N) is 3. The van der Waals surface area contributed by atoms with Crippen LogP contribution >= 0.6 is 0 Å². The lowest BCUT2D eigenvalue weighted by molar-refractivity contribution is 0.0926. The maximum absolute atomic E-state index is 13.0. The molecule has 3 aliphatic carbocycles. The lowest BCUT2D eigenvalue weighted by atomic mass is 9.89. The molecule has 1 aliphatic heterocycles. The molecule has 1 aromatic heterocycles. The van der Waals surface area contributed by atoms with Crippen molar-refractivity contribution in [1.29, 1.82) is 0 Å². The smallest absolute Gasteiger partial charge is 0.256 e. The van der Waals surface area contributed by atoms with Crippen molar-refractivity contribution in [3.05, 3.63) is 23.4 Å². The second kappa shape index (κ2) is 5.59. The van der Waals surface area contributed by atoms with Gasteiger partial charge in [-0.25, -0.2) is 0 Å². The average Bonchev–Trinajstić information content (AvgIpc) is 3.30. The first-order chi connectivity index (χ1) is 12.1. The van der Waals surface area contributed by atoms with Crippen LogP contribution in [-0.2, 0) is 7.05 Å². The fourth-order valence-electron chi connectivity index (χ4n) is 5.66. The van der Waals surface area contributed by atoms with E-state index in [1.807, 2.05) is 7.05 Å². The first-order valence-corrected chi connectivity index (χ1v) is 9.55. The largest absolute Gasteiger partial charge is 0.391 e. The number of anilines is 1. The third kappa shape index (κ3) is 2.41. The highest BCUT2D eigenvalue weighted by atomic mass is 16.3. The third-order valence-electron chi connectivity index (χ3n) is 6.80. The summed E-state index contributed by atoms with van der Waals surface area (Å²) in [6, 6.07) is 0.270. The number of aryl methyl sites for hydroxylation is 1. The lowest BCUT2D eigenvalue weighted by Crippen LogP contribution is -2.38. The Balaban J connectivity index is 1.36. The number of aliphatic hydroxyl groups is 1. The molecule has 5 rings (SSSR count). The number of allylic oxidation sites excluding steroid dienone is 1. The summed E-state index contributed by atoms with van der Waals surface area (Å²) in [5, 5.41) is 17.5. The number of fused-ring (bicyclic) bond motifs is 1. The molecule has 4 unspecified atom stereocenters. The molecule has 6 heteroatoms. The van der Waals surface area contributed by atoms with Gasteiger partial charge in [0.1, 0.15) is 11.4 Å². The normalized spacial score (nSPS) is 36.0. The van der Waals surface area contributed by atoms with Crippen LogP contribution in [0.4, 0.5) is 5.82 Å². The molecule has 1 aromatic rings. The summed E-state index contributed by atoms with van der Waals surface area (Å²) in [6.45, 7) is 1.34. The number of hydrogen-bond donors (Lipinski definition) is 2. The maximum Gasteiger partial charge on any atom is 0.256 e. The SMILES string of the molecule is Cn1ncc(C(=O)NC2CC3=CCC4CC3C2C4)c1N1CC[C@@H](O)C1. The molecule has 3 fully saturated rings. The highest BCUT2D eigenvalue weighted by molar-refractivity contribution is 5.99. The van der Waals surface area contributed by atoms with Crippen molar-refractivity contribution < 1.29 is 9.90 Å². The molecule has 1 saturated heterocycles. The zero-order valence-electron chi connectivity index (χ0n) is 14.7. The van der Waals surface area contributed by atoms with Gasteiger partial charge in [-0.3, -0.25) is 9.48 Å². The van der Waals surface area contributed by atoms with E-state index in [2.05, 4.69) is 21.4 Å². The molecular weight excluding hydrogens is 316 g/mol. The number of carbonyl (C=O) groups excluding carboxylic acids is 1. The van der Waals surface area contributed by atoms with Crippen LogP contribution < -0.4 is 10.2 Å². The third-order valence-corrected chi connectivity index (χ3v) is 6.80. The minimum Gasteiger partial charge on any atom is -0.391 e. The summed E-state index contributed by atoms with van der Waals surface area (Å²) >= 11 is 0. The molecule has 2 heterocycles. The zero-order valence-corrected chi connectivity index (χ0v) is 14.7. The molecule has 0 spiro atoms. The number of aromatic nitrogens is 2. The Labute approximate surface area is 147 Å². The number of hydrogen-bond acceptors (Lipinski definition) is 4. The van der Waals surface area contributed by atoms with E-state index in [0.29, 0.717) is 23.9 Å². The van der Waals surface area contributed by atoms with Gasteiger partial charge in [0.2, 0.25) is 0 Å². The van der Waals surface area contributed by atoms with Crippen LogP contribution in [-0.4, -0.2) is 46.0 Å². The van der Waals surface area contributed by atoms with Crippen molar-refractivity contribution in [3.8, 4) is 0 Å². The second-order valence-electron chi connectivity index (χ2n) is 8.30. The average molecular weight is 342 g/mol. The van der Waals surface area contributed by atoms with Gasteiger partial charge < -0.3 is 15.3 Å². The van der Waals surface area contributed by atoms with Crippen molar-refractivity contribution >= 4 is 11.7 Å². The number of nitrogens with one attached hydrogen (secondary N) is 1. The molecule has 1 amide bonds. The molecule has 25 heavy (non-hydrogen) atoms. The Hall–Kier alpha value is -1.82. The number of aliphatic hydroxyl groups excluding tert-OH is 1. The van der Waals surface area contributed by atoms with Gasteiger partial charge in [0.25, 0.3) is 5.91 Å². The minimum atomic E-state index is -0.317. The molecule has 4 aliphatic rings. The fraction of sp³-hybridized carbons (Fsp3) is 0.684. The van der Waals surface area contributed by atoms with Gasteiger partial charge in [0, 0.05) is 26.2 Å². The van der Waals surface area contributed by atoms with Crippen molar-refractivity contribution in [2.45, 2.75) is 44.2 Å². The number of β-amino-alcohol motifs (C(OH)–C–C–N with tert-alkyl or cyclic N) is 1. The van der Waals surface area contributed by atoms with Gasteiger partial charge in [-0.2, -0.15) is 5.10 Å². The summed E-state index contributed by atoms with van der Waals surface area (Å²) in [7, 11) is 1.86. The predicted molar refractivity (Wildman–Crippen MR) is 94.3 cm³/mol. The van der Waals surface area contributed by atoms with Gasteiger partial charge >= 0.3 is 0 Å². The van der Waals surface area contributed by atoms with E-state index < -0.39 is 0 Å². The maximum atomic E-state index is 13.0. The van der Waals surface area contributed by atoms with Crippen LogP contribution in [0, 0.1) is 17.8 Å². The highest BCUT2D eigenvalue weighted by Crippen LogP contribution is 2.54. The number of rotatable bonds is 3. The molecule has 134 valence electrons. The van der Waals surface area contributed by atoms with E-state index in [9.17, 15) is 9.90 Å². The Bertz CT molecular complexity index is 740. The molecule has 2 N–H and O–H groups in total. The molecule has 2 bridgehead atoms. The quantitative estimate of drug-likeness (QED) is 0.816. The summed E-state index contributed by atoms with van der Waals surface area (Å²) in [5.41, 5.74) is 2.22. The van der Waals surface area contributed by atoms with Crippen LogP contribution in [0.3, 0.4) is 0 Å². The Morgan fingerprint density at radius 3 is 3.08 bits per heavy atom. The summed E-state index contributed by atoms with van der Waals surface area (Å²) in [4.78, 5) is 15.1. The van der Waals surface area contributed by atoms with Crippen LogP contribution in [0.15, 0.2) is 17.8 Å². The van der Waals surface area contributed by atoms with Crippen LogP contribution in [0.2, 0.25) is 0 Å². The Morgan fingerprint density at radius 1 is 1.40 bits per heavy atom. The van der Waals surface area contributed by atoms with Crippen LogP contribution in [0.25, 0.3) is 0 Å². The molecule has 2 saturated carbocycles. The van der Waals surface area contributed by atoms with E-state index >= 15 is 0 Å². The Morgan fingerprint density at radius 2 is 2.28 bits per heavy atom. The number of carbonyl (C=O) groups is 1. The monoisotopic (exact) mass is 342 g/mol. The minimum absolute atomic E-state index is 0.0153. The standard InChI is InChI=1S/C19H26N4O2/c1-22-19(23-5-4-13(24)10-23)16(9-20-22)18(25)21-17-8-12-3-2-11-6-14(12)15(17)7-11/h3,9,11,13-15,17,24H,2,4-8,10H2,1H3,(H,21,25)/t11?,13-,14?,15?,17?/m1/s1. The van der Waals surface area contributed by atoms with Gasteiger partial charge in [0.15, 0.2) is 0 Å². The van der Waals surface area contributed by atoms with Crippen molar-refractivity contribution in [3.63, 3.8) is 0 Å². The van der Waals surface area contributed by atoms with Crippen molar-refractivity contribution in [2.75, 3.05) is 18.0 Å². The number of amides is 1. The van der Waals surface area contributed by atoms with E-state index in [0.717, 1.165) is 31.1 Å². The van der Waals surface area contributed by atoms with Crippen molar-refractivity contribution in [2.24, 2.45) is 24.8 Å². The first-order valence-electron chi connectivity index (χ1n) is 9.55. The highest BCUT2D eigenvalue weighted by Gasteiger charge is 2.48. The van der Waals surface area contributed by atoms with Gasteiger partial charge in [-0.05, 0) is 49.9 Å². The molecule has 0 radical (unpaired) electrons. The molecule has 5 atom stereocenters. The lowest BCUT2D eigenvalue weighted by Gasteiger charge is -2.23. The van der Waals surface area contributed by atoms with E-state index in [4.69, 9.17) is 0 Å². The van der Waals surface area contributed by atoms with Gasteiger partial charge in [-0.1, -0.05) is 11.6 Å². The van der Waals surface area contributed by atoms with E-state index in [1.165, 1.54) is 19.3 Å². The molecular formula is C19H26N4O2. The van der Waals surface area contributed by atoms with Crippen molar-refractivity contribution in [1.82, 2.24) is 15.1 Å². The fourth-order valence-corrected chi connectivity index (χ4v) is 5.66. The van der Waals surface area contributed by atoms with Gasteiger partial charge in [-0.15, -0.1) is 0 Å². The summed E-state index contributed by atoms with van der Waals surface area (Å²) in [5.74, 6) is 2.98. The van der Waals surface area contributed by atoms with E-state index in [-0.39, 0.29) is 18.1 Å². The summed E-state index contributed by atoms with van der Waals surface area (Å²) < 4.78 is 1.75. The van der Waals surface area contributed by atoms with Gasteiger partial charge in [0.05, 0.1) is 12.3 Å². The zero-order chi connectivity index (χ0) is 17.1. The van der Waals surface area contributed by atoms with E-state index in [1.54, 1.807) is 16.5 Å². The summed E-state index contributed by atoms with van der Waals surface area (Å²) in [6.07, 6.45) is 9.38. The second-order valence-corrected chi connectivity index (χ2v) is 8.30. The molecule has 0 aromatic carbocycles. The first kappa shape index (κ1) is 15.4. The topological polar surface area (TPSA) is 70.4 Å². The van der Waals surface area contributed by atoms with Crippen LogP contribution in [0.1, 0.15) is 42.5 Å². The molecule has 6 nitrogen and oxygen atoms in total.